The highest BCUT2D eigenvalue weighted by Crippen LogP contribution is 2.23. The van der Waals surface area contributed by atoms with Crippen LogP contribution in [0, 0.1) is 6.92 Å². The van der Waals surface area contributed by atoms with E-state index in [9.17, 15) is 8.42 Å². The van der Waals surface area contributed by atoms with Crippen molar-refractivity contribution in [1.29, 1.82) is 0 Å². The number of aryl methyl sites for hydroxylation is 2. The van der Waals surface area contributed by atoms with Crippen molar-refractivity contribution in [2.45, 2.75) is 43.9 Å². The lowest BCUT2D eigenvalue weighted by Gasteiger charge is -2.08. The molecule has 0 fully saturated rings. The van der Waals surface area contributed by atoms with Gasteiger partial charge < -0.3 is 0 Å². The number of benzene rings is 2. The molecule has 2 nitrogen and oxygen atoms in total. The molecule has 2 rings (SSSR count). The van der Waals surface area contributed by atoms with Gasteiger partial charge in [0.2, 0.25) is 9.84 Å². The fourth-order valence-corrected chi connectivity index (χ4v) is 3.73. The maximum atomic E-state index is 12.4. The molecule has 0 amide bonds. The molecule has 0 radical (unpaired) electrons. The summed E-state index contributed by atoms with van der Waals surface area (Å²) in [5.41, 5.74) is 2.38. The van der Waals surface area contributed by atoms with E-state index >= 15 is 0 Å². The van der Waals surface area contributed by atoms with Crippen LogP contribution in [0.3, 0.4) is 0 Å². The third-order valence-corrected chi connectivity index (χ3v) is 5.83. The summed E-state index contributed by atoms with van der Waals surface area (Å²) < 4.78 is 24.9. The van der Waals surface area contributed by atoms with Crippen LogP contribution in [0.1, 0.15) is 36.8 Å². The summed E-state index contributed by atoms with van der Waals surface area (Å²) >= 11 is 0. The molecule has 0 bridgehead atoms. The van der Waals surface area contributed by atoms with E-state index in [1.54, 1.807) is 12.1 Å². The molecule has 0 saturated heterocycles. The maximum Gasteiger partial charge on any atom is 0.202 e. The fraction of sp³-hybridized carbons (Fsp3) is 0.300. The van der Waals surface area contributed by atoms with Crippen LogP contribution in [0.5, 0.6) is 0 Å². The SMILES string of the molecule is C=C(CCCCCc1ccccc1)S(=O)(=O)c1ccc(C)cc1. The Morgan fingerprint density at radius 2 is 1.57 bits per heavy atom. The Morgan fingerprint density at radius 3 is 2.22 bits per heavy atom. The summed E-state index contributed by atoms with van der Waals surface area (Å²) in [5, 5.41) is 0. The molecule has 2 aromatic rings. The Hall–Kier alpha value is -1.87. The van der Waals surface area contributed by atoms with Crippen LogP contribution in [0.15, 0.2) is 71.0 Å². The van der Waals surface area contributed by atoms with Gasteiger partial charge in [-0.1, -0.05) is 61.0 Å². The van der Waals surface area contributed by atoms with Crippen LogP contribution < -0.4 is 0 Å². The minimum absolute atomic E-state index is 0.320. The van der Waals surface area contributed by atoms with Gasteiger partial charge >= 0.3 is 0 Å². The third kappa shape index (κ3) is 5.07. The Labute approximate surface area is 139 Å². The minimum Gasteiger partial charge on any atom is -0.219 e. The molecule has 23 heavy (non-hydrogen) atoms. The first-order valence-corrected chi connectivity index (χ1v) is 9.52. The van der Waals surface area contributed by atoms with Gasteiger partial charge in [-0.3, -0.25) is 0 Å². The van der Waals surface area contributed by atoms with Crippen LogP contribution >= 0.6 is 0 Å². The molecule has 0 spiro atoms. The summed E-state index contributed by atoms with van der Waals surface area (Å²) in [7, 11) is -3.39. The first-order valence-electron chi connectivity index (χ1n) is 8.03. The van der Waals surface area contributed by atoms with E-state index in [-0.39, 0.29) is 0 Å². The Kier molecular flexibility index (Phi) is 6.17. The highest BCUT2D eigenvalue weighted by Gasteiger charge is 2.17. The minimum atomic E-state index is -3.39. The predicted molar refractivity (Wildman–Crippen MR) is 96.1 cm³/mol. The van der Waals surface area contributed by atoms with Crippen molar-refractivity contribution in [3.8, 4) is 0 Å². The van der Waals surface area contributed by atoms with Crippen LogP contribution in [-0.4, -0.2) is 8.42 Å². The van der Waals surface area contributed by atoms with Crippen LogP contribution in [-0.2, 0) is 16.3 Å². The molecule has 0 aliphatic carbocycles. The molecule has 0 saturated carbocycles. The average Bonchev–Trinajstić information content (AvgIpc) is 2.55. The highest BCUT2D eigenvalue weighted by molar-refractivity contribution is 7.95. The molecule has 0 atom stereocenters. The molecule has 0 aliphatic rings. The fourth-order valence-electron chi connectivity index (χ4n) is 2.49. The van der Waals surface area contributed by atoms with Crippen LogP contribution in [0.25, 0.3) is 0 Å². The second kappa shape index (κ2) is 8.11. The molecule has 0 aromatic heterocycles. The van der Waals surface area contributed by atoms with E-state index in [4.69, 9.17) is 0 Å². The second-order valence-electron chi connectivity index (χ2n) is 5.90. The van der Waals surface area contributed by atoms with Gasteiger partial charge in [-0.2, -0.15) is 0 Å². The van der Waals surface area contributed by atoms with E-state index in [0.717, 1.165) is 31.2 Å². The molecule has 122 valence electrons. The maximum absolute atomic E-state index is 12.4. The van der Waals surface area contributed by atoms with Crippen molar-refractivity contribution in [2.24, 2.45) is 0 Å². The van der Waals surface area contributed by atoms with Crippen molar-refractivity contribution >= 4 is 9.84 Å². The highest BCUT2D eigenvalue weighted by atomic mass is 32.2. The summed E-state index contributed by atoms with van der Waals surface area (Å²) in [6.07, 6.45) is 4.51. The van der Waals surface area contributed by atoms with Crippen molar-refractivity contribution in [1.82, 2.24) is 0 Å². The summed E-state index contributed by atoms with van der Waals surface area (Å²) in [6.45, 7) is 5.74. The van der Waals surface area contributed by atoms with Crippen molar-refractivity contribution in [2.75, 3.05) is 0 Å². The number of sulfone groups is 1. The smallest absolute Gasteiger partial charge is 0.202 e. The molecule has 0 aliphatic heterocycles. The largest absolute Gasteiger partial charge is 0.219 e. The molecular formula is C20H24O2S. The van der Waals surface area contributed by atoms with Crippen LogP contribution in [0.4, 0.5) is 0 Å². The number of rotatable bonds is 8. The first-order chi connectivity index (χ1) is 11.0. The van der Waals surface area contributed by atoms with Gasteiger partial charge in [0, 0.05) is 4.91 Å². The number of allylic oxidation sites excluding steroid dienone is 1. The summed E-state index contributed by atoms with van der Waals surface area (Å²) in [6, 6.07) is 17.3. The molecule has 2 aromatic carbocycles. The Morgan fingerprint density at radius 1 is 0.913 bits per heavy atom. The third-order valence-electron chi connectivity index (χ3n) is 3.98. The topological polar surface area (TPSA) is 34.1 Å². The lowest BCUT2D eigenvalue weighted by molar-refractivity contribution is 0.597. The van der Waals surface area contributed by atoms with Crippen molar-refractivity contribution in [3.05, 3.63) is 77.2 Å². The normalized spacial score (nSPS) is 11.3. The van der Waals surface area contributed by atoms with Crippen molar-refractivity contribution in [3.63, 3.8) is 0 Å². The Balaban J connectivity index is 1.79. The van der Waals surface area contributed by atoms with Gasteiger partial charge in [-0.15, -0.1) is 0 Å². The summed E-state index contributed by atoms with van der Waals surface area (Å²) in [5.74, 6) is 0. The standard InChI is InChI=1S/C20H24O2S/c1-17-13-15-20(16-14-17)23(21,22)18(2)9-5-3-6-10-19-11-7-4-8-12-19/h4,7-8,11-16H,2-3,5-6,9-10H2,1H3. The molecule has 0 heterocycles. The summed E-state index contributed by atoms with van der Waals surface area (Å²) in [4.78, 5) is 0.665. The monoisotopic (exact) mass is 328 g/mol. The zero-order valence-corrected chi connectivity index (χ0v) is 14.5. The van der Waals surface area contributed by atoms with Gasteiger partial charge in [-0.25, -0.2) is 8.42 Å². The lowest BCUT2D eigenvalue weighted by atomic mass is 10.1. The van der Waals surface area contributed by atoms with Gasteiger partial charge in [0.05, 0.1) is 4.90 Å². The van der Waals surface area contributed by atoms with E-state index in [2.05, 4.69) is 18.7 Å². The average molecular weight is 328 g/mol. The second-order valence-corrected chi connectivity index (χ2v) is 7.96. The number of hydrogen-bond donors (Lipinski definition) is 0. The van der Waals surface area contributed by atoms with Crippen LogP contribution in [0.2, 0.25) is 0 Å². The van der Waals surface area contributed by atoms with E-state index in [0.29, 0.717) is 16.2 Å². The zero-order chi connectivity index (χ0) is 16.7. The Bertz CT molecular complexity index is 729. The quantitative estimate of drug-likeness (QED) is 0.633. The molecule has 0 unspecified atom stereocenters. The van der Waals surface area contributed by atoms with Gasteiger partial charge in [0.15, 0.2) is 0 Å². The first kappa shape index (κ1) is 17.5. The number of hydrogen-bond acceptors (Lipinski definition) is 2. The van der Waals surface area contributed by atoms with Gasteiger partial charge in [0.25, 0.3) is 0 Å². The van der Waals surface area contributed by atoms with E-state index in [1.165, 1.54) is 5.56 Å². The van der Waals surface area contributed by atoms with Crippen molar-refractivity contribution < 1.29 is 8.42 Å². The molecule has 0 N–H and O–H groups in total. The van der Waals surface area contributed by atoms with Gasteiger partial charge in [-0.05, 0) is 50.3 Å². The zero-order valence-electron chi connectivity index (χ0n) is 13.7. The van der Waals surface area contributed by atoms with E-state index < -0.39 is 9.84 Å². The molecule has 3 heteroatoms. The molecular weight excluding hydrogens is 304 g/mol. The van der Waals surface area contributed by atoms with E-state index in [1.807, 2.05) is 37.3 Å². The number of unbranched alkanes of at least 4 members (excludes halogenated alkanes) is 2. The predicted octanol–water partition coefficient (Wildman–Crippen LogP) is 5.09. The lowest BCUT2D eigenvalue weighted by Crippen LogP contribution is -2.04. The van der Waals surface area contributed by atoms with Gasteiger partial charge in [0.1, 0.15) is 0 Å².